The summed E-state index contributed by atoms with van der Waals surface area (Å²) < 4.78 is 1.88. The molecule has 25 heavy (non-hydrogen) atoms. The van der Waals surface area contributed by atoms with Gasteiger partial charge in [0.2, 0.25) is 0 Å². The van der Waals surface area contributed by atoms with Crippen molar-refractivity contribution in [2.45, 2.75) is 12.6 Å². The molecule has 130 valence electrons. The van der Waals surface area contributed by atoms with Crippen molar-refractivity contribution in [2.75, 3.05) is 26.2 Å². The van der Waals surface area contributed by atoms with E-state index in [1.165, 1.54) is 11.1 Å². The molecule has 1 aromatic carbocycles. The van der Waals surface area contributed by atoms with Gasteiger partial charge in [-0.3, -0.25) is 19.2 Å². The third kappa shape index (κ3) is 2.91. The van der Waals surface area contributed by atoms with Crippen LogP contribution in [-0.2, 0) is 23.2 Å². The Kier molecular flexibility index (Phi) is 4.01. The van der Waals surface area contributed by atoms with E-state index in [1.807, 2.05) is 23.9 Å². The van der Waals surface area contributed by atoms with Gasteiger partial charge in [-0.15, -0.1) is 0 Å². The molecular formula is C18H21N5O2. The van der Waals surface area contributed by atoms with Crippen molar-refractivity contribution in [2.24, 2.45) is 7.05 Å². The van der Waals surface area contributed by atoms with E-state index in [1.54, 1.807) is 11.1 Å². The molecule has 4 rings (SSSR count). The molecule has 1 N–H and O–H groups in total. The van der Waals surface area contributed by atoms with E-state index < -0.39 is 11.8 Å². The zero-order chi connectivity index (χ0) is 17.4. The first-order chi connectivity index (χ1) is 12.1. The summed E-state index contributed by atoms with van der Waals surface area (Å²) in [6, 6.07) is 10.4. The van der Waals surface area contributed by atoms with E-state index in [2.05, 4.69) is 33.5 Å². The van der Waals surface area contributed by atoms with Crippen molar-refractivity contribution < 1.29 is 9.59 Å². The van der Waals surface area contributed by atoms with Crippen molar-refractivity contribution in [3.63, 3.8) is 0 Å². The van der Waals surface area contributed by atoms with Gasteiger partial charge in [-0.2, -0.15) is 5.10 Å². The van der Waals surface area contributed by atoms with Crippen LogP contribution in [0, 0.1) is 0 Å². The fourth-order valence-corrected chi connectivity index (χ4v) is 3.71. The van der Waals surface area contributed by atoms with Gasteiger partial charge in [0.05, 0.1) is 11.7 Å². The second-order valence-electron chi connectivity index (χ2n) is 6.59. The van der Waals surface area contributed by atoms with E-state index in [0.29, 0.717) is 13.1 Å². The summed E-state index contributed by atoms with van der Waals surface area (Å²) in [5, 5.41) is 6.96. The normalized spacial score (nSPS) is 21.2. The molecule has 1 aromatic heterocycles. The Hall–Kier alpha value is -2.67. The van der Waals surface area contributed by atoms with Gasteiger partial charge in [0, 0.05) is 51.5 Å². The molecule has 7 heteroatoms. The second kappa shape index (κ2) is 6.33. The van der Waals surface area contributed by atoms with Gasteiger partial charge in [-0.25, -0.2) is 0 Å². The van der Waals surface area contributed by atoms with E-state index in [0.717, 1.165) is 25.3 Å². The molecule has 0 saturated carbocycles. The number of aryl methyl sites for hydroxylation is 1. The number of aromatic nitrogens is 2. The molecule has 2 amide bonds. The first kappa shape index (κ1) is 15.8. The summed E-state index contributed by atoms with van der Waals surface area (Å²) in [5.74, 6) is -0.877. The van der Waals surface area contributed by atoms with Gasteiger partial charge in [-0.05, 0) is 11.6 Å². The Morgan fingerprint density at radius 1 is 1.20 bits per heavy atom. The standard InChI is InChI=1S/C18H21N5O2/c1-21-16(6-7-20-21)15-5-3-2-4-13(15)11-22-8-9-23-14(12-22)10-19-17(24)18(23)25/h2-7,14H,8-12H2,1H3,(H,19,24)/t14-/m1/s1. The fraction of sp³-hybridized carbons (Fsp3) is 0.389. The lowest BCUT2D eigenvalue weighted by molar-refractivity contribution is -0.152. The van der Waals surface area contributed by atoms with E-state index in [9.17, 15) is 9.59 Å². The Balaban J connectivity index is 1.52. The predicted octanol–water partition coefficient (Wildman–Crippen LogP) is 0.230. The quantitative estimate of drug-likeness (QED) is 0.813. The van der Waals surface area contributed by atoms with Crippen LogP contribution in [0.15, 0.2) is 36.5 Å². The largest absolute Gasteiger partial charge is 0.346 e. The number of carbonyl (C=O) groups excluding carboxylic acids is 2. The Labute approximate surface area is 146 Å². The molecule has 2 saturated heterocycles. The Morgan fingerprint density at radius 2 is 2.04 bits per heavy atom. The summed E-state index contributed by atoms with van der Waals surface area (Å²) in [5.41, 5.74) is 3.51. The number of benzene rings is 1. The first-order valence-corrected chi connectivity index (χ1v) is 8.51. The van der Waals surface area contributed by atoms with Crippen molar-refractivity contribution in [3.8, 4) is 11.3 Å². The summed E-state index contributed by atoms with van der Waals surface area (Å²) in [6.07, 6.45) is 1.81. The summed E-state index contributed by atoms with van der Waals surface area (Å²) in [4.78, 5) is 27.5. The van der Waals surface area contributed by atoms with Crippen LogP contribution < -0.4 is 5.32 Å². The highest BCUT2D eigenvalue weighted by molar-refractivity contribution is 6.35. The number of hydrogen-bond acceptors (Lipinski definition) is 4. The van der Waals surface area contributed by atoms with Crippen LogP contribution in [0.4, 0.5) is 0 Å². The fourth-order valence-electron chi connectivity index (χ4n) is 3.71. The monoisotopic (exact) mass is 339 g/mol. The lowest BCUT2D eigenvalue weighted by Gasteiger charge is -2.43. The maximum Gasteiger partial charge on any atom is 0.312 e. The lowest BCUT2D eigenvalue weighted by atomic mass is 10.0. The number of piperazine rings is 2. The molecule has 0 spiro atoms. The summed E-state index contributed by atoms with van der Waals surface area (Å²) in [7, 11) is 1.95. The lowest BCUT2D eigenvalue weighted by Crippen LogP contribution is -2.65. The SMILES string of the molecule is Cn1nccc1-c1ccccc1CN1CCN2C(=O)C(=O)NC[C@@H]2C1. The molecule has 2 fully saturated rings. The van der Waals surface area contributed by atoms with Crippen LogP contribution in [-0.4, -0.2) is 63.6 Å². The van der Waals surface area contributed by atoms with Gasteiger partial charge < -0.3 is 10.2 Å². The van der Waals surface area contributed by atoms with Crippen molar-refractivity contribution in [1.82, 2.24) is 24.9 Å². The smallest absolute Gasteiger partial charge is 0.312 e. The molecule has 0 unspecified atom stereocenters. The molecular weight excluding hydrogens is 318 g/mol. The van der Waals surface area contributed by atoms with Gasteiger partial charge in [-0.1, -0.05) is 24.3 Å². The minimum Gasteiger partial charge on any atom is -0.346 e. The number of amides is 2. The topological polar surface area (TPSA) is 70.5 Å². The minimum absolute atomic E-state index is 0.0582. The van der Waals surface area contributed by atoms with Gasteiger partial charge in [0.1, 0.15) is 0 Å². The minimum atomic E-state index is -0.480. The third-order valence-corrected chi connectivity index (χ3v) is 5.03. The van der Waals surface area contributed by atoms with Crippen LogP contribution in [0.1, 0.15) is 5.56 Å². The number of hydrogen-bond donors (Lipinski definition) is 1. The average Bonchev–Trinajstić information content (AvgIpc) is 3.05. The van der Waals surface area contributed by atoms with Crippen molar-refractivity contribution in [1.29, 1.82) is 0 Å². The molecule has 0 aliphatic carbocycles. The van der Waals surface area contributed by atoms with Gasteiger partial charge >= 0.3 is 11.8 Å². The summed E-state index contributed by atoms with van der Waals surface area (Å²) in [6.45, 7) is 3.49. The number of carbonyl (C=O) groups is 2. The summed E-state index contributed by atoms with van der Waals surface area (Å²) >= 11 is 0. The molecule has 0 bridgehead atoms. The Bertz CT molecular complexity index is 815. The number of nitrogens with one attached hydrogen (secondary N) is 1. The molecule has 7 nitrogen and oxygen atoms in total. The molecule has 0 radical (unpaired) electrons. The van der Waals surface area contributed by atoms with Crippen LogP contribution in [0.3, 0.4) is 0 Å². The second-order valence-corrected chi connectivity index (χ2v) is 6.59. The van der Waals surface area contributed by atoms with Gasteiger partial charge in [0.15, 0.2) is 0 Å². The zero-order valence-corrected chi connectivity index (χ0v) is 14.2. The van der Waals surface area contributed by atoms with Crippen LogP contribution in [0.25, 0.3) is 11.3 Å². The van der Waals surface area contributed by atoms with Crippen LogP contribution in [0.2, 0.25) is 0 Å². The highest BCUT2D eigenvalue weighted by atomic mass is 16.2. The highest BCUT2D eigenvalue weighted by Gasteiger charge is 2.37. The van der Waals surface area contributed by atoms with Crippen LogP contribution in [0.5, 0.6) is 0 Å². The maximum atomic E-state index is 12.0. The number of rotatable bonds is 3. The highest BCUT2D eigenvalue weighted by Crippen LogP contribution is 2.25. The van der Waals surface area contributed by atoms with Crippen molar-refractivity contribution >= 4 is 11.8 Å². The predicted molar refractivity (Wildman–Crippen MR) is 92.4 cm³/mol. The maximum absolute atomic E-state index is 12.0. The van der Waals surface area contributed by atoms with E-state index in [4.69, 9.17) is 0 Å². The number of nitrogens with zero attached hydrogens (tertiary/aromatic N) is 4. The molecule has 2 aromatic rings. The number of fused-ring (bicyclic) bond motifs is 1. The van der Waals surface area contributed by atoms with Crippen molar-refractivity contribution in [3.05, 3.63) is 42.1 Å². The average molecular weight is 339 g/mol. The third-order valence-electron chi connectivity index (χ3n) is 5.03. The molecule has 2 aliphatic rings. The van der Waals surface area contributed by atoms with Crippen LogP contribution >= 0.6 is 0 Å². The first-order valence-electron chi connectivity index (χ1n) is 8.51. The van der Waals surface area contributed by atoms with Gasteiger partial charge in [0.25, 0.3) is 0 Å². The molecule has 2 aliphatic heterocycles. The zero-order valence-electron chi connectivity index (χ0n) is 14.2. The molecule has 3 heterocycles. The van der Waals surface area contributed by atoms with E-state index >= 15 is 0 Å². The van der Waals surface area contributed by atoms with E-state index in [-0.39, 0.29) is 6.04 Å². The Morgan fingerprint density at radius 3 is 2.84 bits per heavy atom. The molecule has 1 atom stereocenters.